The van der Waals surface area contributed by atoms with E-state index in [9.17, 15) is 10.1 Å². The molecule has 7 heteroatoms. The number of nitriles is 1. The summed E-state index contributed by atoms with van der Waals surface area (Å²) >= 11 is 0. The molecule has 7 nitrogen and oxygen atoms in total. The summed E-state index contributed by atoms with van der Waals surface area (Å²) in [6, 6.07) is 8.52. The summed E-state index contributed by atoms with van der Waals surface area (Å²) in [5.41, 5.74) is 8.36. The number of carbonyl (C=O) groups excluding carboxylic acids is 1. The maximum atomic E-state index is 12.5. The summed E-state index contributed by atoms with van der Waals surface area (Å²) in [4.78, 5) is 16.6. The van der Waals surface area contributed by atoms with Gasteiger partial charge in [-0.1, -0.05) is 6.07 Å². The SMILES string of the molecule is C[C@@H](N)c1ccc(C(=O)Nc2ccnc3[nH]ncc23)c(C#N)c1. The fourth-order valence-electron chi connectivity index (χ4n) is 2.29. The van der Waals surface area contributed by atoms with Crippen LogP contribution in [0, 0.1) is 11.3 Å². The van der Waals surface area contributed by atoms with Crippen LogP contribution in [0.3, 0.4) is 0 Å². The second kappa shape index (κ2) is 5.87. The molecule has 0 spiro atoms. The number of hydrogen-bond donors (Lipinski definition) is 3. The zero-order valence-corrected chi connectivity index (χ0v) is 12.4. The highest BCUT2D eigenvalue weighted by Gasteiger charge is 2.15. The highest BCUT2D eigenvalue weighted by atomic mass is 16.1. The molecule has 3 rings (SSSR count). The summed E-state index contributed by atoms with van der Waals surface area (Å²) in [7, 11) is 0. The van der Waals surface area contributed by atoms with E-state index in [1.165, 1.54) is 0 Å². The van der Waals surface area contributed by atoms with Gasteiger partial charge in [0.1, 0.15) is 0 Å². The van der Waals surface area contributed by atoms with E-state index in [1.54, 1.807) is 36.7 Å². The third-order valence-corrected chi connectivity index (χ3v) is 3.54. The van der Waals surface area contributed by atoms with Crippen LogP contribution in [-0.2, 0) is 0 Å². The molecule has 0 unspecified atom stereocenters. The Kier molecular flexibility index (Phi) is 3.75. The van der Waals surface area contributed by atoms with Crippen LogP contribution in [0.4, 0.5) is 5.69 Å². The highest BCUT2D eigenvalue weighted by molar-refractivity contribution is 6.09. The van der Waals surface area contributed by atoms with Crippen molar-refractivity contribution in [2.24, 2.45) is 5.73 Å². The van der Waals surface area contributed by atoms with Crippen LogP contribution in [0.5, 0.6) is 0 Å². The Hall–Kier alpha value is -3.24. The van der Waals surface area contributed by atoms with Gasteiger partial charge in [-0.15, -0.1) is 0 Å². The Labute approximate surface area is 132 Å². The average molecular weight is 306 g/mol. The molecule has 0 fully saturated rings. The van der Waals surface area contributed by atoms with Crippen molar-refractivity contribution in [3.05, 3.63) is 53.3 Å². The summed E-state index contributed by atoms with van der Waals surface area (Å²) in [5, 5.41) is 19.4. The molecule has 0 saturated carbocycles. The van der Waals surface area contributed by atoms with E-state index in [-0.39, 0.29) is 17.5 Å². The fraction of sp³-hybridized carbons (Fsp3) is 0.125. The number of pyridine rings is 1. The lowest BCUT2D eigenvalue weighted by Gasteiger charge is -2.10. The van der Waals surface area contributed by atoms with Crippen molar-refractivity contribution in [2.75, 3.05) is 5.32 Å². The molecule has 3 aromatic rings. The normalized spacial score (nSPS) is 11.9. The number of nitrogens with two attached hydrogens (primary N) is 1. The van der Waals surface area contributed by atoms with Crippen molar-refractivity contribution in [2.45, 2.75) is 13.0 Å². The van der Waals surface area contributed by atoms with Gasteiger partial charge in [-0.25, -0.2) is 4.98 Å². The Morgan fingerprint density at radius 2 is 2.26 bits per heavy atom. The largest absolute Gasteiger partial charge is 0.324 e. The van der Waals surface area contributed by atoms with Crippen LogP contribution in [0.1, 0.15) is 34.5 Å². The zero-order valence-electron chi connectivity index (χ0n) is 12.4. The van der Waals surface area contributed by atoms with E-state index in [1.807, 2.05) is 13.0 Å². The van der Waals surface area contributed by atoms with Crippen molar-refractivity contribution in [1.82, 2.24) is 15.2 Å². The first-order valence-electron chi connectivity index (χ1n) is 6.99. The van der Waals surface area contributed by atoms with E-state index in [0.717, 1.165) is 5.56 Å². The lowest BCUT2D eigenvalue weighted by molar-refractivity contribution is 0.102. The quantitative estimate of drug-likeness (QED) is 0.684. The van der Waals surface area contributed by atoms with Gasteiger partial charge in [0, 0.05) is 12.2 Å². The minimum Gasteiger partial charge on any atom is -0.324 e. The number of nitrogens with one attached hydrogen (secondary N) is 2. The topological polar surface area (TPSA) is 120 Å². The summed E-state index contributed by atoms with van der Waals surface area (Å²) in [5.74, 6) is -0.369. The van der Waals surface area contributed by atoms with Crippen LogP contribution < -0.4 is 11.1 Å². The standard InChI is InChI=1S/C16H14N6O/c1-9(18)10-2-3-12(11(6-10)7-17)16(23)21-14-4-5-19-15-13(14)8-20-22-15/h2-6,8-9H,18H2,1H3,(H2,19,20,21,22,23)/t9-/m1/s1. The molecule has 23 heavy (non-hydrogen) atoms. The predicted molar refractivity (Wildman–Crippen MR) is 85.6 cm³/mol. The van der Waals surface area contributed by atoms with Gasteiger partial charge in [-0.05, 0) is 30.7 Å². The van der Waals surface area contributed by atoms with E-state index < -0.39 is 0 Å². The summed E-state index contributed by atoms with van der Waals surface area (Å²) < 4.78 is 0. The number of hydrogen-bond acceptors (Lipinski definition) is 5. The number of aromatic nitrogens is 3. The number of amides is 1. The lowest BCUT2D eigenvalue weighted by atomic mass is 10.0. The minimum atomic E-state index is -0.369. The smallest absolute Gasteiger partial charge is 0.257 e. The maximum absolute atomic E-state index is 12.5. The molecule has 1 amide bonds. The number of anilines is 1. The van der Waals surface area contributed by atoms with Crippen molar-refractivity contribution in [3.8, 4) is 6.07 Å². The van der Waals surface area contributed by atoms with Crippen molar-refractivity contribution in [1.29, 1.82) is 5.26 Å². The minimum absolute atomic E-state index is 0.204. The molecule has 0 saturated heterocycles. The number of nitrogens with zero attached hydrogens (tertiary/aromatic N) is 3. The first-order chi connectivity index (χ1) is 11.1. The third-order valence-electron chi connectivity index (χ3n) is 3.54. The van der Waals surface area contributed by atoms with E-state index >= 15 is 0 Å². The molecule has 0 radical (unpaired) electrons. The molecule has 2 aromatic heterocycles. The van der Waals surface area contributed by atoms with E-state index in [0.29, 0.717) is 22.3 Å². The van der Waals surface area contributed by atoms with Gasteiger partial charge < -0.3 is 11.1 Å². The van der Waals surface area contributed by atoms with Gasteiger partial charge in [0.2, 0.25) is 0 Å². The molecular weight excluding hydrogens is 292 g/mol. The van der Waals surface area contributed by atoms with Crippen LogP contribution >= 0.6 is 0 Å². The Balaban J connectivity index is 1.95. The zero-order chi connectivity index (χ0) is 16.4. The molecule has 0 aliphatic rings. The molecular formula is C16H14N6O. The van der Waals surface area contributed by atoms with Crippen LogP contribution in [0.15, 0.2) is 36.7 Å². The summed E-state index contributed by atoms with van der Waals surface area (Å²) in [6.07, 6.45) is 3.16. The predicted octanol–water partition coefficient (Wildman–Crippen LogP) is 2.10. The molecule has 1 atom stereocenters. The second-order valence-electron chi connectivity index (χ2n) is 5.15. The van der Waals surface area contributed by atoms with E-state index in [4.69, 9.17) is 5.73 Å². The molecule has 4 N–H and O–H groups in total. The van der Waals surface area contributed by atoms with Crippen LogP contribution in [0.2, 0.25) is 0 Å². The maximum Gasteiger partial charge on any atom is 0.257 e. The van der Waals surface area contributed by atoms with Crippen molar-refractivity contribution >= 4 is 22.6 Å². The Morgan fingerprint density at radius 3 is 3.00 bits per heavy atom. The van der Waals surface area contributed by atoms with Gasteiger partial charge >= 0.3 is 0 Å². The first kappa shape index (κ1) is 14.7. The average Bonchev–Trinajstić information content (AvgIpc) is 3.03. The van der Waals surface area contributed by atoms with Crippen LogP contribution in [0.25, 0.3) is 11.0 Å². The van der Waals surface area contributed by atoms with Gasteiger partial charge in [0.15, 0.2) is 5.65 Å². The molecule has 114 valence electrons. The number of H-pyrrole nitrogens is 1. The van der Waals surface area contributed by atoms with Gasteiger partial charge in [-0.3, -0.25) is 9.89 Å². The molecule has 1 aromatic carbocycles. The number of carbonyl (C=O) groups is 1. The first-order valence-corrected chi connectivity index (χ1v) is 6.99. The van der Waals surface area contributed by atoms with E-state index in [2.05, 4.69) is 20.5 Å². The fourth-order valence-corrected chi connectivity index (χ4v) is 2.29. The Bertz CT molecular complexity index is 922. The highest BCUT2D eigenvalue weighted by Crippen LogP contribution is 2.21. The monoisotopic (exact) mass is 306 g/mol. The van der Waals surface area contributed by atoms with Gasteiger partial charge in [0.05, 0.1) is 34.5 Å². The van der Waals surface area contributed by atoms with Gasteiger partial charge in [0.25, 0.3) is 5.91 Å². The van der Waals surface area contributed by atoms with Crippen molar-refractivity contribution in [3.63, 3.8) is 0 Å². The molecule has 0 bridgehead atoms. The molecule has 0 aliphatic heterocycles. The molecule has 2 heterocycles. The molecule has 0 aliphatic carbocycles. The van der Waals surface area contributed by atoms with Crippen LogP contribution in [-0.4, -0.2) is 21.1 Å². The number of rotatable bonds is 3. The summed E-state index contributed by atoms with van der Waals surface area (Å²) in [6.45, 7) is 1.82. The third kappa shape index (κ3) is 2.75. The Morgan fingerprint density at radius 1 is 1.43 bits per heavy atom. The van der Waals surface area contributed by atoms with Crippen molar-refractivity contribution < 1.29 is 4.79 Å². The number of fused-ring (bicyclic) bond motifs is 1. The van der Waals surface area contributed by atoms with Gasteiger partial charge in [-0.2, -0.15) is 10.4 Å². The number of aromatic amines is 1. The number of benzene rings is 1. The lowest BCUT2D eigenvalue weighted by Crippen LogP contribution is -2.15. The second-order valence-corrected chi connectivity index (χ2v) is 5.15.